The summed E-state index contributed by atoms with van der Waals surface area (Å²) < 4.78 is 0. The molecular formula is C32H49NO. The average Bonchev–Trinajstić information content (AvgIpc) is 2.87. The lowest BCUT2D eigenvalue weighted by Crippen LogP contribution is -2.15. The van der Waals surface area contributed by atoms with E-state index in [0.29, 0.717) is 11.8 Å². The van der Waals surface area contributed by atoms with Gasteiger partial charge in [-0.1, -0.05) is 93.9 Å². The highest BCUT2D eigenvalue weighted by molar-refractivity contribution is 5.56. The standard InChI is InChI=1S/C22H27N.C8H16.C2H4O.H2/c1-4-7-21-17(3)12-13-23-22(21)20-11-6-10-19(15-20)18-9-5-8-16(2)14-18;1-2-8-6-4-3-5-7-8;1-2-3;/h4-5,7-9,12-14,19-20H,6,10-11,15H2,1-3H3;8H,2-7H2,1H3;2H,1H3;1H/b7-4-;;;. The Hall–Kier alpha value is -2.22. The molecule has 2 fully saturated rings. The Balaban J connectivity index is 0.000000427. The van der Waals surface area contributed by atoms with Gasteiger partial charge in [0.15, 0.2) is 0 Å². The van der Waals surface area contributed by atoms with Crippen molar-refractivity contribution in [2.75, 3.05) is 0 Å². The number of pyridine rings is 1. The minimum absolute atomic E-state index is 0. The zero-order valence-corrected chi connectivity index (χ0v) is 22.4. The molecular weight excluding hydrogens is 414 g/mol. The quantitative estimate of drug-likeness (QED) is 0.422. The van der Waals surface area contributed by atoms with Gasteiger partial charge in [-0.25, -0.2) is 0 Å². The number of aldehydes is 1. The first-order valence-electron chi connectivity index (χ1n) is 13.6. The number of aromatic nitrogens is 1. The molecule has 0 amide bonds. The van der Waals surface area contributed by atoms with Crippen LogP contribution in [0.3, 0.4) is 0 Å². The molecule has 1 aromatic carbocycles. The summed E-state index contributed by atoms with van der Waals surface area (Å²) >= 11 is 0. The minimum atomic E-state index is 0. The second-order valence-electron chi connectivity index (χ2n) is 10.0. The monoisotopic (exact) mass is 463 g/mol. The van der Waals surface area contributed by atoms with E-state index in [1.165, 1.54) is 99.1 Å². The van der Waals surface area contributed by atoms with Crippen molar-refractivity contribution in [1.29, 1.82) is 0 Å². The fraction of sp³-hybridized carbons (Fsp3) is 0.562. The Morgan fingerprint density at radius 3 is 2.29 bits per heavy atom. The lowest BCUT2D eigenvalue weighted by Gasteiger charge is -2.30. The first kappa shape index (κ1) is 28.0. The number of hydrogen-bond donors (Lipinski definition) is 0. The van der Waals surface area contributed by atoms with Crippen LogP contribution in [0.4, 0.5) is 0 Å². The van der Waals surface area contributed by atoms with Crippen molar-refractivity contribution in [3.05, 3.63) is 70.6 Å². The van der Waals surface area contributed by atoms with E-state index in [1.807, 2.05) is 6.20 Å². The molecule has 34 heavy (non-hydrogen) atoms. The van der Waals surface area contributed by atoms with Crippen LogP contribution < -0.4 is 0 Å². The van der Waals surface area contributed by atoms with Crippen LogP contribution in [0.5, 0.6) is 0 Å². The number of rotatable bonds is 4. The molecule has 2 unspecified atom stereocenters. The number of hydrogen-bond acceptors (Lipinski definition) is 2. The first-order valence-corrected chi connectivity index (χ1v) is 13.6. The van der Waals surface area contributed by atoms with Crippen molar-refractivity contribution in [2.45, 2.75) is 111 Å². The second-order valence-corrected chi connectivity index (χ2v) is 10.0. The summed E-state index contributed by atoms with van der Waals surface area (Å²) in [5.74, 6) is 2.35. The average molecular weight is 464 g/mol. The number of carbonyl (C=O) groups is 1. The maximum absolute atomic E-state index is 8.81. The fourth-order valence-corrected chi connectivity index (χ4v) is 5.56. The first-order chi connectivity index (χ1) is 16.5. The fourth-order valence-electron chi connectivity index (χ4n) is 5.56. The Kier molecular flexibility index (Phi) is 12.9. The van der Waals surface area contributed by atoms with Crippen molar-refractivity contribution < 1.29 is 6.22 Å². The van der Waals surface area contributed by atoms with E-state index >= 15 is 0 Å². The van der Waals surface area contributed by atoms with E-state index in [0.717, 1.165) is 12.2 Å². The van der Waals surface area contributed by atoms with Crippen molar-refractivity contribution in [2.24, 2.45) is 5.92 Å². The summed E-state index contributed by atoms with van der Waals surface area (Å²) in [7, 11) is 0. The van der Waals surface area contributed by atoms with E-state index in [1.54, 1.807) is 0 Å². The molecule has 2 atom stereocenters. The van der Waals surface area contributed by atoms with Gasteiger partial charge in [0, 0.05) is 13.5 Å². The maximum atomic E-state index is 8.81. The van der Waals surface area contributed by atoms with Crippen molar-refractivity contribution in [3.63, 3.8) is 0 Å². The molecule has 2 saturated carbocycles. The zero-order valence-electron chi connectivity index (χ0n) is 22.4. The second kappa shape index (κ2) is 15.6. The Labute approximate surface area is 210 Å². The van der Waals surface area contributed by atoms with Gasteiger partial charge in [0.05, 0.1) is 5.69 Å². The molecule has 0 N–H and O–H groups in total. The van der Waals surface area contributed by atoms with Gasteiger partial charge in [0.2, 0.25) is 0 Å². The topological polar surface area (TPSA) is 30.0 Å². The molecule has 188 valence electrons. The molecule has 0 saturated heterocycles. The van der Waals surface area contributed by atoms with Gasteiger partial charge in [-0.05, 0) is 81.5 Å². The molecule has 0 aliphatic heterocycles. The van der Waals surface area contributed by atoms with E-state index in [2.05, 4.69) is 70.2 Å². The van der Waals surface area contributed by atoms with Crippen LogP contribution in [0.25, 0.3) is 6.08 Å². The number of aryl methyl sites for hydroxylation is 2. The summed E-state index contributed by atoms with van der Waals surface area (Å²) in [5, 5.41) is 0. The summed E-state index contributed by atoms with van der Waals surface area (Å²) in [6.45, 7) is 10.2. The number of allylic oxidation sites excluding steroid dienone is 1. The third-order valence-electron chi connectivity index (χ3n) is 7.45. The molecule has 2 heteroatoms. The summed E-state index contributed by atoms with van der Waals surface area (Å²) in [4.78, 5) is 13.6. The SMILES string of the molecule is C/C=C\c1c(C)ccnc1C1CCCC(c2cccc(C)c2)C1.CC=O.CCC1CCCCC1.[HH]. The number of benzene rings is 1. The third-order valence-corrected chi connectivity index (χ3v) is 7.45. The van der Waals surface area contributed by atoms with E-state index in [-0.39, 0.29) is 1.43 Å². The Bertz CT molecular complexity index is 885. The molecule has 4 rings (SSSR count). The largest absolute Gasteiger partial charge is 0.304 e. The van der Waals surface area contributed by atoms with Crippen molar-refractivity contribution >= 4 is 12.4 Å². The third kappa shape index (κ3) is 8.85. The molecule has 2 nitrogen and oxygen atoms in total. The van der Waals surface area contributed by atoms with E-state index < -0.39 is 0 Å². The smallest absolute Gasteiger partial charge is 0.116 e. The highest BCUT2D eigenvalue weighted by Gasteiger charge is 2.26. The van der Waals surface area contributed by atoms with E-state index in [9.17, 15) is 0 Å². The van der Waals surface area contributed by atoms with Crippen LogP contribution in [0.1, 0.15) is 126 Å². The predicted molar refractivity (Wildman–Crippen MR) is 150 cm³/mol. The van der Waals surface area contributed by atoms with E-state index in [4.69, 9.17) is 9.78 Å². The van der Waals surface area contributed by atoms with Crippen LogP contribution >= 0.6 is 0 Å². The molecule has 2 aliphatic rings. The summed E-state index contributed by atoms with van der Waals surface area (Å²) in [5.41, 5.74) is 6.86. The highest BCUT2D eigenvalue weighted by atomic mass is 16.1. The Morgan fingerprint density at radius 1 is 0.971 bits per heavy atom. The zero-order chi connectivity index (χ0) is 24.8. The summed E-state index contributed by atoms with van der Waals surface area (Å²) in [6, 6.07) is 11.2. The minimum Gasteiger partial charge on any atom is -0.304 e. The van der Waals surface area contributed by atoms with Gasteiger partial charge >= 0.3 is 0 Å². The van der Waals surface area contributed by atoms with Gasteiger partial charge in [0.1, 0.15) is 6.29 Å². The van der Waals surface area contributed by atoms with Crippen molar-refractivity contribution in [3.8, 4) is 0 Å². The van der Waals surface area contributed by atoms with Gasteiger partial charge in [-0.2, -0.15) is 0 Å². The lowest BCUT2D eigenvalue weighted by molar-refractivity contribution is -0.106. The van der Waals surface area contributed by atoms with Crippen LogP contribution in [0, 0.1) is 19.8 Å². The van der Waals surface area contributed by atoms with Gasteiger partial charge in [-0.3, -0.25) is 4.98 Å². The normalized spacial score (nSPS) is 20.6. The molecule has 0 bridgehead atoms. The van der Waals surface area contributed by atoms with Crippen LogP contribution in [0.2, 0.25) is 0 Å². The molecule has 2 aromatic rings. The molecule has 0 radical (unpaired) electrons. The molecule has 1 heterocycles. The Morgan fingerprint density at radius 2 is 1.68 bits per heavy atom. The van der Waals surface area contributed by atoms with Crippen molar-refractivity contribution in [1.82, 2.24) is 4.98 Å². The molecule has 1 aromatic heterocycles. The van der Waals surface area contributed by atoms with Crippen LogP contribution in [-0.2, 0) is 4.79 Å². The van der Waals surface area contributed by atoms with Gasteiger partial charge in [-0.15, -0.1) is 0 Å². The molecule has 0 spiro atoms. The highest BCUT2D eigenvalue weighted by Crippen LogP contribution is 2.42. The number of carbonyl (C=O) groups excluding carboxylic acids is 1. The lowest BCUT2D eigenvalue weighted by atomic mass is 9.75. The van der Waals surface area contributed by atoms with Gasteiger partial charge < -0.3 is 4.79 Å². The summed E-state index contributed by atoms with van der Waals surface area (Å²) in [6.07, 6.45) is 21.1. The number of nitrogens with zero attached hydrogens (tertiary/aromatic N) is 1. The molecule has 2 aliphatic carbocycles. The predicted octanol–water partition coefficient (Wildman–Crippen LogP) is 9.60. The van der Waals surface area contributed by atoms with Gasteiger partial charge in [0.25, 0.3) is 0 Å². The van der Waals surface area contributed by atoms with Crippen LogP contribution in [0.15, 0.2) is 42.6 Å². The van der Waals surface area contributed by atoms with Crippen LogP contribution in [-0.4, -0.2) is 11.3 Å². The maximum Gasteiger partial charge on any atom is 0.116 e.